The highest BCUT2D eigenvalue weighted by Crippen LogP contribution is 2.18. The Morgan fingerprint density at radius 2 is 2.21 bits per heavy atom. The largest absolute Gasteiger partial charge is 0.355 e. The standard InChI is InChI=1S/C11H12N4O3S/c12-8-9-10(2-1-4-13-9)19(17,18)15-6-3-11(16)14-5-7-15/h1-2,4H,3,5-7H2,(H,14,16). The van der Waals surface area contributed by atoms with Crippen LogP contribution in [0.25, 0.3) is 0 Å². The van der Waals surface area contributed by atoms with Gasteiger partial charge in [-0.25, -0.2) is 13.4 Å². The molecule has 2 rings (SSSR count). The molecule has 0 bridgehead atoms. The van der Waals surface area contributed by atoms with Crippen molar-refractivity contribution in [2.75, 3.05) is 19.6 Å². The minimum atomic E-state index is -3.80. The van der Waals surface area contributed by atoms with E-state index >= 15 is 0 Å². The SMILES string of the molecule is N#Cc1ncccc1S(=O)(=O)N1CCNC(=O)CC1. The fourth-order valence-corrected chi connectivity index (χ4v) is 3.34. The Labute approximate surface area is 110 Å². The maximum atomic E-state index is 12.4. The number of sulfonamides is 1. The number of hydrogen-bond acceptors (Lipinski definition) is 5. The molecular formula is C11H12N4O3S. The molecule has 1 saturated heterocycles. The van der Waals surface area contributed by atoms with Gasteiger partial charge in [0.2, 0.25) is 15.9 Å². The van der Waals surface area contributed by atoms with Gasteiger partial charge in [-0.1, -0.05) is 0 Å². The predicted octanol–water partition coefficient (Wildman–Crippen LogP) is -0.536. The normalized spacial score (nSPS) is 17.3. The summed E-state index contributed by atoms with van der Waals surface area (Å²) >= 11 is 0. The van der Waals surface area contributed by atoms with Gasteiger partial charge in [0, 0.05) is 32.3 Å². The average Bonchev–Trinajstić information content (AvgIpc) is 2.64. The van der Waals surface area contributed by atoms with Gasteiger partial charge < -0.3 is 5.32 Å². The zero-order valence-electron chi connectivity index (χ0n) is 10.0. The molecule has 7 nitrogen and oxygen atoms in total. The van der Waals surface area contributed by atoms with Crippen molar-refractivity contribution in [3.05, 3.63) is 24.0 Å². The molecule has 0 aliphatic carbocycles. The zero-order chi connectivity index (χ0) is 13.9. The number of amides is 1. The maximum Gasteiger partial charge on any atom is 0.246 e. The van der Waals surface area contributed by atoms with Crippen LogP contribution in [-0.4, -0.2) is 43.2 Å². The number of carbonyl (C=O) groups excluding carboxylic acids is 1. The Bertz CT molecular complexity index is 636. The second kappa shape index (κ2) is 5.34. The molecule has 0 spiro atoms. The van der Waals surface area contributed by atoms with E-state index in [-0.39, 0.29) is 42.6 Å². The summed E-state index contributed by atoms with van der Waals surface area (Å²) in [6.45, 7) is 0.558. The molecule has 0 unspecified atom stereocenters. The van der Waals surface area contributed by atoms with E-state index in [1.54, 1.807) is 6.07 Å². The summed E-state index contributed by atoms with van der Waals surface area (Å²) in [4.78, 5) is 14.8. The molecule has 2 heterocycles. The first-order valence-electron chi connectivity index (χ1n) is 5.67. The second-order valence-corrected chi connectivity index (χ2v) is 5.87. The van der Waals surface area contributed by atoms with Gasteiger partial charge in [0.1, 0.15) is 11.0 Å². The average molecular weight is 280 g/mol. The molecule has 1 aliphatic rings. The predicted molar refractivity (Wildman–Crippen MR) is 65.3 cm³/mol. The van der Waals surface area contributed by atoms with Gasteiger partial charge in [-0.3, -0.25) is 4.79 Å². The minimum Gasteiger partial charge on any atom is -0.355 e. The molecule has 0 saturated carbocycles. The highest BCUT2D eigenvalue weighted by atomic mass is 32.2. The Balaban J connectivity index is 2.37. The van der Waals surface area contributed by atoms with Gasteiger partial charge in [0.15, 0.2) is 5.69 Å². The maximum absolute atomic E-state index is 12.4. The molecule has 1 fully saturated rings. The molecule has 8 heteroatoms. The van der Waals surface area contributed by atoms with Crippen molar-refractivity contribution in [3.63, 3.8) is 0 Å². The van der Waals surface area contributed by atoms with Crippen LogP contribution in [0.4, 0.5) is 0 Å². The highest BCUT2D eigenvalue weighted by Gasteiger charge is 2.29. The number of carbonyl (C=O) groups is 1. The topological polar surface area (TPSA) is 103 Å². The number of nitriles is 1. The number of rotatable bonds is 2. The molecule has 1 aromatic rings. The molecule has 100 valence electrons. The Morgan fingerprint density at radius 1 is 1.42 bits per heavy atom. The fraction of sp³-hybridized carbons (Fsp3) is 0.364. The van der Waals surface area contributed by atoms with Crippen molar-refractivity contribution in [2.45, 2.75) is 11.3 Å². The summed E-state index contributed by atoms with van der Waals surface area (Å²) in [6, 6.07) is 4.58. The second-order valence-electron chi connectivity index (χ2n) is 3.97. The molecule has 1 aromatic heterocycles. The summed E-state index contributed by atoms with van der Waals surface area (Å²) in [5.41, 5.74) is -0.133. The van der Waals surface area contributed by atoms with Crippen molar-refractivity contribution < 1.29 is 13.2 Å². The number of hydrogen-bond donors (Lipinski definition) is 1. The van der Waals surface area contributed by atoms with Crippen LogP contribution >= 0.6 is 0 Å². The fourth-order valence-electron chi connectivity index (χ4n) is 1.81. The highest BCUT2D eigenvalue weighted by molar-refractivity contribution is 7.89. The lowest BCUT2D eigenvalue weighted by Gasteiger charge is -2.19. The molecule has 1 amide bonds. The Kier molecular flexibility index (Phi) is 3.78. The molecule has 0 radical (unpaired) electrons. The third-order valence-corrected chi connectivity index (χ3v) is 4.70. The molecule has 1 N–H and O–H groups in total. The van der Waals surface area contributed by atoms with Crippen molar-refractivity contribution in [3.8, 4) is 6.07 Å². The van der Waals surface area contributed by atoms with Gasteiger partial charge in [0.05, 0.1) is 0 Å². The summed E-state index contributed by atoms with van der Waals surface area (Å²) in [5, 5.41) is 11.5. The minimum absolute atomic E-state index is 0.105. The molecule has 1 aliphatic heterocycles. The van der Waals surface area contributed by atoms with E-state index in [0.29, 0.717) is 0 Å². The Morgan fingerprint density at radius 3 is 2.95 bits per heavy atom. The van der Waals surface area contributed by atoms with Crippen LogP contribution in [0.5, 0.6) is 0 Å². The van der Waals surface area contributed by atoms with Crippen LogP contribution in [0.1, 0.15) is 12.1 Å². The van der Waals surface area contributed by atoms with Gasteiger partial charge in [-0.2, -0.15) is 9.57 Å². The van der Waals surface area contributed by atoms with Crippen molar-refractivity contribution >= 4 is 15.9 Å². The van der Waals surface area contributed by atoms with Crippen LogP contribution in [-0.2, 0) is 14.8 Å². The van der Waals surface area contributed by atoms with Crippen LogP contribution < -0.4 is 5.32 Å². The molecule has 0 atom stereocenters. The van der Waals surface area contributed by atoms with E-state index in [1.807, 2.05) is 0 Å². The number of nitrogens with zero attached hydrogens (tertiary/aromatic N) is 3. The van der Waals surface area contributed by atoms with E-state index in [9.17, 15) is 13.2 Å². The lowest BCUT2D eigenvalue weighted by Crippen LogP contribution is -2.34. The summed E-state index contributed by atoms with van der Waals surface area (Å²) in [6.07, 6.45) is 1.48. The van der Waals surface area contributed by atoms with E-state index in [0.717, 1.165) is 0 Å². The lowest BCUT2D eigenvalue weighted by molar-refractivity contribution is -0.120. The van der Waals surface area contributed by atoms with Crippen LogP contribution in [0.2, 0.25) is 0 Å². The summed E-state index contributed by atoms with van der Waals surface area (Å²) in [5.74, 6) is -0.176. The van der Waals surface area contributed by atoms with Crippen molar-refractivity contribution in [2.24, 2.45) is 0 Å². The molecule has 0 aromatic carbocycles. The third kappa shape index (κ3) is 2.72. The summed E-state index contributed by atoms with van der Waals surface area (Å²) in [7, 11) is -3.80. The van der Waals surface area contributed by atoms with E-state index in [1.165, 1.54) is 22.6 Å². The van der Waals surface area contributed by atoms with E-state index in [2.05, 4.69) is 10.3 Å². The van der Waals surface area contributed by atoms with Gasteiger partial charge in [0.25, 0.3) is 0 Å². The quantitative estimate of drug-likeness (QED) is 0.784. The number of aromatic nitrogens is 1. The number of nitrogens with one attached hydrogen (secondary N) is 1. The van der Waals surface area contributed by atoms with Crippen molar-refractivity contribution in [1.82, 2.24) is 14.6 Å². The van der Waals surface area contributed by atoms with Crippen LogP contribution in [0, 0.1) is 11.3 Å². The van der Waals surface area contributed by atoms with Crippen LogP contribution in [0.3, 0.4) is 0 Å². The van der Waals surface area contributed by atoms with Gasteiger partial charge in [-0.15, -0.1) is 0 Å². The van der Waals surface area contributed by atoms with Gasteiger partial charge in [-0.05, 0) is 12.1 Å². The smallest absolute Gasteiger partial charge is 0.246 e. The Hall–Kier alpha value is -1.98. The van der Waals surface area contributed by atoms with Crippen molar-refractivity contribution in [1.29, 1.82) is 5.26 Å². The zero-order valence-corrected chi connectivity index (χ0v) is 10.9. The third-order valence-electron chi connectivity index (χ3n) is 2.77. The first-order valence-corrected chi connectivity index (χ1v) is 7.11. The van der Waals surface area contributed by atoms with E-state index < -0.39 is 10.0 Å². The first kappa shape index (κ1) is 13.5. The van der Waals surface area contributed by atoms with Crippen LogP contribution in [0.15, 0.2) is 23.2 Å². The first-order chi connectivity index (χ1) is 9.05. The molecular weight excluding hydrogens is 268 g/mol. The van der Waals surface area contributed by atoms with E-state index in [4.69, 9.17) is 5.26 Å². The number of pyridine rings is 1. The molecule has 19 heavy (non-hydrogen) atoms. The van der Waals surface area contributed by atoms with Gasteiger partial charge >= 0.3 is 0 Å². The monoisotopic (exact) mass is 280 g/mol. The summed E-state index contributed by atoms with van der Waals surface area (Å²) < 4.78 is 26.0. The lowest BCUT2D eigenvalue weighted by atomic mass is 10.4.